The van der Waals surface area contributed by atoms with Gasteiger partial charge in [0, 0.05) is 38.5 Å². The van der Waals surface area contributed by atoms with Crippen LogP contribution in [0.2, 0.25) is 0 Å². The van der Waals surface area contributed by atoms with Crippen molar-refractivity contribution in [1.29, 1.82) is 0 Å². The van der Waals surface area contributed by atoms with Crippen LogP contribution in [0, 0.1) is 11.8 Å². The molecule has 2 aliphatic rings. The van der Waals surface area contributed by atoms with Gasteiger partial charge in [0.1, 0.15) is 5.75 Å². The normalized spacial score (nSPS) is 22.9. The Morgan fingerprint density at radius 2 is 1.68 bits per heavy atom. The van der Waals surface area contributed by atoms with Crippen LogP contribution >= 0.6 is 0 Å². The molecule has 31 heavy (non-hydrogen) atoms. The van der Waals surface area contributed by atoms with Gasteiger partial charge in [0.2, 0.25) is 5.91 Å². The molecule has 0 bridgehead atoms. The molecule has 3 atom stereocenters. The van der Waals surface area contributed by atoms with Crippen LogP contribution in [0.4, 0.5) is 0 Å². The van der Waals surface area contributed by atoms with Crippen molar-refractivity contribution in [2.45, 2.75) is 25.9 Å². The number of carbonyl (C=O) groups excluding carboxylic acids is 2. The first-order chi connectivity index (χ1) is 15.0. The standard InChI is InChI=1S/C25H30N2O4/c1-4-23(28)27-15-20-14-26(13-17-5-7-19(8-6-17)25(29)31-3)16-22(20)24(27)18-9-11-21(30-2)12-10-18/h5-12,20,22,24H,4,13-16H2,1-3H3/t20-,22-,24-/m0/s1. The molecule has 6 nitrogen and oxygen atoms in total. The molecular weight excluding hydrogens is 392 g/mol. The SMILES string of the molecule is CCC(=O)N1C[C@@H]2CN(Cc3ccc(C(=O)OC)cc3)C[C@@H]2[C@@H]1c1ccc(OC)cc1. The molecule has 4 rings (SSSR count). The molecule has 2 aromatic rings. The van der Waals surface area contributed by atoms with E-state index in [2.05, 4.69) is 21.9 Å². The molecule has 0 aliphatic carbocycles. The maximum atomic E-state index is 12.7. The quantitative estimate of drug-likeness (QED) is 0.667. The van der Waals surface area contributed by atoms with E-state index in [1.54, 1.807) is 7.11 Å². The van der Waals surface area contributed by atoms with E-state index in [-0.39, 0.29) is 17.9 Å². The fraction of sp³-hybridized carbons (Fsp3) is 0.440. The summed E-state index contributed by atoms with van der Waals surface area (Å²) in [7, 11) is 3.06. The minimum atomic E-state index is -0.315. The van der Waals surface area contributed by atoms with E-state index in [0.29, 0.717) is 23.8 Å². The first kappa shape index (κ1) is 21.4. The van der Waals surface area contributed by atoms with Gasteiger partial charge < -0.3 is 14.4 Å². The third-order valence-electron chi connectivity index (χ3n) is 6.60. The van der Waals surface area contributed by atoms with E-state index in [0.717, 1.165) is 31.9 Å². The average Bonchev–Trinajstić information content (AvgIpc) is 3.35. The van der Waals surface area contributed by atoms with E-state index in [1.807, 2.05) is 43.3 Å². The summed E-state index contributed by atoms with van der Waals surface area (Å²) >= 11 is 0. The summed E-state index contributed by atoms with van der Waals surface area (Å²) in [6.07, 6.45) is 0.530. The van der Waals surface area contributed by atoms with Crippen molar-refractivity contribution in [2.75, 3.05) is 33.9 Å². The van der Waals surface area contributed by atoms with Crippen molar-refractivity contribution in [3.63, 3.8) is 0 Å². The van der Waals surface area contributed by atoms with Gasteiger partial charge in [-0.05, 0) is 41.3 Å². The second-order valence-electron chi connectivity index (χ2n) is 8.42. The van der Waals surface area contributed by atoms with Crippen molar-refractivity contribution >= 4 is 11.9 Å². The number of esters is 1. The van der Waals surface area contributed by atoms with Crippen LogP contribution in [-0.2, 0) is 16.1 Å². The van der Waals surface area contributed by atoms with Crippen LogP contribution in [0.3, 0.4) is 0 Å². The molecule has 2 fully saturated rings. The number of hydrogen-bond donors (Lipinski definition) is 0. The van der Waals surface area contributed by atoms with E-state index < -0.39 is 0 Å². The topological polar surface area (TPSA) is 59.1 Å². The Bertz CT molecular complexity index is 926. The maximum Gasteiger partial charge on any atom is 0.337 e. The number of likely N-dealkylation sites (tertiary alicyclic amines) is 2. The highest BCUT2D eigenvalue weighted by atomic mass is 16.5. The second-order valence-corrected chi connectivity index (χ2v) is 8.42. The third-order valence-corrected chi connectivity index (χ3v) is 6.60. The Kier molecular flexibility index (Phi) is 6.28. The van der Waals surface area contributed by atoms with Gasteiger partial charge in [-0.25, -0.2) is 4.79 Å². The van der Waals surface area contributed by atoms with Crippen LogP contribution in [0.5, 0.6) is 5.75 Å². The molecule has 0 unspecified atom stereocenters. The van der Waals surface area contributed by atoms with Crippen molar-refractivity contribution in [3.8, 4) is 5.75 Å². The van der Waals surface area contributed by atoms with E-state index in [4.69, 9.17) is 9.47 Å². The summed E-state index contributed by atoms with van der Waals surface area (Å²) in [5.41, 5.74) is 2.92. The number of benzene rings is 2. The van der Waals surface area contributed by atoms with Crippen molar-refractivity contribution in [2.24, 2.45) is 11.8 Å². The van der Waals surface area contributed by atoms with Gasteiger partial charge in [0.25, 0.3) is 0 Å². The smallest absolute Gasteiger partial charge is 0.337 e. The molecule has 0 saturated carbocycles. The zero-order valence-electron chi connectivity index (χ0n) is 18.4. The van der Waals surface area contributed by atoms with Gasteiger partial charge in [-0.15, -0.1) is 0 Å². The summed E-state index contributed by atoms with van der Waals surface area (Å²) in [6, 6.07) is 15.9. The van der Waals surface area contributed by atoms with Crippen LogP contribution in [0.15, 0.2) is 48.5 Å². The molecule has 0 aromatic heterocycles. The summed E-state index contributed by atoms with van der Waals surface area (Å²) in [4.78, 5) is 28.9. The monoisotopic (exact) mass is 422 g/mol. The lowest BCUT2D eigenvalue weighted by Gasteiger charge is -2.30. The Morgan fingerprint density at radius 3 is 2.29 bits per heavy atom. The third kappa shape index (κ3) is 4.30. The molecule has 2 aromatic carbocycles. The number of hydrogen-bond acceptors (Lipinski definition) is 5. The number of methoxy groups -OCH3 is 2. The molecule has 1 amide bonds. The number of ether oxygens (including phenoxy) is 2. The summed E-state index contributed by atoms with van der Waals surface area (Å²) in [6.45, 7) is 5.51. The van der Waals surface area contributed by atoms with Gasteiger partial charge in [0.15, 0.2) is 0 Å². The van der Waals surface area contributed by atoms with Gasteiger partial charge in [-0.2, -0.15) is 0 Å². The molecule has 0 radical (unpaired) electrons. The van der Waals surface area contributed by atoms with Crippen molar-refractivity contribution < 1.29 is 19.1 Å². The zero-order valence-corrected chi connectivity index (χ0v) is 18.4. The molecule has 2 heterocycles. The van der Waals surface area contributed by atoms with Gasteiger partial charge in [-0.1, -0.05) is 31.2 Å². The van der Waals surface area contributed by atoms with Crippen LogP contribution in [-0.4, -0.2) is 55.5 Å². The highest BCUT2D eigenvalue weighted by Gasteiger charge is 2.48. The lowest BCUT2D eigenvalue weighted by atomic mass is 9.89. The Morgan fingerprint density at radius 1 is 0.968 bits per heavy atom. The molecule has 2 aliphatic heterocycles. The van der Waals surface area contributed by atoms with Crippen molar-refractivity contribution in [3.05, 3.63) is 65.2 Å². The highest BCUT2D eigenvalue weighted by molar-refractivity contribution is 5.89. The van der Waals surface area contributed by atoms with Crippen LogP contribution < -0.4 is 4.74 Å². The van der Waals surface area contributed by atoms with Gasteiger partial charge in [-0.3, -0.25) is 9.69 Å². The molecular formula is C25H30N2O4. The number of fused-ring (bicyclic) bond motifs is 1. The minimum Gasteiger partial charge on any atom is -0.497 e. The van der Waals surface area contributed by atoms with Gasteiger partial charge in [0.05, 0.1) is 25.8 Å². The number of rotatable bonds is 6. The fourth-order valence-corrected chi connectivity index (χ4v) is 5.08. The number of amides is 1. The van der Waals surface area contributed by atoms with Gasteiger partial charge >= 0.3 is 5.97 Å². The molecule has 6 heteroatoms. The zero-order chi connectivity index (χ0) is 22.0. The Labute approximate surface area is 183 Å². The maximum absolute atomic E-state index is 12.7. The Hall–Kier alpha value is -2.86. The van der Waals surface area contributed by atoms with E-state index in [1.165, 1.54) is 18.2 Å². The Balaban J connectivity index is 1.49. The molecule has 164 valence electrons. The van der Waals surface area contributed by atoms with E-state index in [9.17, 15) is 9.59 Å². The lowest BCUT2D eigenvalue weighted by Crippen LogP contribution is -2.35. The first-order valence-electron chi connectivity index (χ1n) is 10.9. The second kappa shape index (κ2) is 9.10. The first-order valence-corrected chi connectivity index (χ1v) is 10.9. The minimum absolute atomic E-state index is 0.107. The highest BCUT2D eigenvalue weighted by Crippen LogP contribution is 2.45. The molecule has 2 saturated heterocycles. The van der Waals surface area contributed by atoms with Crippen LogP contribution in [0.25, 0.3) is 0 Å². The predicted molar refractivity (Wildman–Crippen MR) is 118 cm³/mol. The fourth-order valence-electron chi connectivity index (χ4n) is 5.08. The molecule has 0 spiro atoms. The van der Waals surface area contributed by atoms with E-state index >= 15 is 0 Å². The average molecular weight is 423 g/mol. The van der Waals surface area contributed by atoms with Crippen molar-refractivity contribution in [1.82, 2.24) is 9.80 Å². The number of nitrogens with zero attached hydrogens (tertiary/aromatic N) is 2. The summed E-state index contributed by atoms with van der Waals surface area (Å²) < 4.78 is 10.1. The predicted octanol–water partition coefficient (Wildman–Crippen LogP) is 3.52. The van der Waals surface area contributed by atoms with Crippen LogP contribution in [0.1, 0.15) is 40.9 Å². The lowest BCUT2D eigenvalue weighted by molar-refractivity contribution is -0.132. The largest absolute Gasteiger partial charge is 0.497 e. The summed E-state index contributed by atoms with van der Waals surface area (Å²) in [5, 5.41) is 0. The molecule has 0 N–H and O–H groups in total. The summed E-state index contributed by atoms with van der Waals surface area (Å²) in [5.74, 6) is 1.62. The number of carbonyl (C=O) groups is 2.